The molecule has 1 saturated heterocycles. The van der Waals surface area contributed by atoms with Crippen LogP contribution < -0.4 is 15.4 Å². The van der Waals surface area contributed by atoms with Crippen molar-refractivity contribution in [1.82, 2.24) is 19.7 Å². The van der Waals surface area contributed by atoms with E-state index in [-0.39, 0.29) is 30.9 Å². The molecular weight excluding hydrogens is 394 g/mol. The van der Waals surface area contributed by atoms with Crippen molar-refractivity contribution in [1.29, 1.82) is 0 Å². The molecule has 0 spiro atoms. The van der Waals surface area contributed by atoms with E-state index >= 15 is 0 Å². The van der Waals surface area contributed by atoms with Crippen molar-refractivity contribution in [2.75, 3.05) is 30.5 Å². The highest BCUT2D eigenvalue weighted by atomic mass is 35.5. The molecule has 4 heterocycles. The van der Waals surface area contributed by atoms with Gasteiger partial charge in [-0.3, -0.25) is 4.68 Å². The van der Waals surface area contributed by atoms with Gasteiger partial charge in [0.15, 0.2) is 5.82 Å². The van der Waals surface area contributed by atoms with Crippen LogP contribution in [0.5, 0.6) is 5.88 Å². The summed E-state index contributed by atoms with van der Waals surface area (Å²) in [5.41, 5.74) is 0.979. The number of rotatable bonds is 1. The van der Waals surface area contributed by atoms with Gasteiger partial charge in [-0.05, 0) is 20.3 Å². The van der Waals surface area contributed by atoms with E-state index in [1.807, 2.05) is 6.92 Å². The van der Waals surface area contributed by atoms with Gasteiger partial charge in [-0.2, -0.15) is 4.98 Å². The lowest BCUT2D eigenvalue weighted by molar-refractivity contribution is -0.150. The molecule has 0 saturated carbocycles. The Morgan fingerprint density at radius 2 is 2.14 bits per heavy atom. The van der Waals surface area contributed by atoms with Crippen LogP contribution in [-0.2, 0) is 4.74 Å². The minimum absolute atomic E-state index is 0.0322. The van der Waals surface area contributed by atoms with E-state index < -0.39 is 18.6 Å². The van der Waals surface area contributed by atoms with Crippen molar-refractivity contribution >= 4 is 29.1 Å². The zero-order valence-electron chi connectivity index (χ0n) is 15.5. The zero-order chi connectivity index (χ0) is 19.9. The number of ether oxygens (including phenoxy) is 2. The molecule has 2 unspecified atom stereocenters. The monoisotopic (exact) mass is 414 g/mol. The van der Waals surface area contributed by atoms with E-state index in [0.717, 1.165) is 0 Å². The predicted octanol–water partition coefficient (Wildman–Crippen LogP) is 3.56. The summed E-state index contributed by atoms with van der Waals surface area (Å²) in [5, 5.41) is 11.0. The summed E-state index contributed by atoms with van der Waals surface area (Å²) >= 11 is 6.17. The molecule has 2 bridgehead atoms. The molecule has 11 heteroatoms. The summed E-state index contributed by atoms with van der Waals surface area (Å²) in [7, 11) is 0. The Bertz CT molecular complexity index is 878. The Morgan fingerprint density at radius 3 is 2.93 bits per heavy atom. The van der Waals surface area contributed by atoms with Gasteiger partial charge >= 0.3 is 0 Å². The van der Waals surface area contributed by atoms with E-state index in [9.17, 15) is 8.78 Å². The minimum Gasteiger partial charge on any atom is -0.475 e. The predicted molar refractivity (Wildman–Crippen MR) is 99.9 cm³/mol. The second kappa shape index (κ2) is 7.32. The van der Waals surface area contributed by atoms with Crippen LogP contribution in [0.25, 0.3) is 0 Å². The summed E-state index contributed by atoms with van der Waals surface area (Å²) in [6.07, 6.45) is 2.29. The number of aromatic nitrogens is 4. The van der Waals surface area contributed by atoms with Crippen LogP contribution in [0.3, 0.4) is 0 Å². The second-order valence-electron chi connectivity index (χ2n) is 7.03. The van der Waals surface area contributed by atoms with Crippen molar-refractivity contribution in [3.8, 4) is 5.88 Å². The van der Waals surface area contributed by atoms with E-state index in [0.29, 0.717) is 35.2 Å². The summed E-state index contributed by atoms with van der Waals surface area (Å²) in [5.74, 6) is -2.01. The van der Waals surface area contributed by atoms with Crippen molar-refractivity contribution in [2.45, 2.75) is 44.7 Å². The van der Waals surface area contributed by atoms with Crippen LogP contribution in [0.1, 0.15) is 31.5 Å². The number of nitrogens with zero attached hydrogens (tertiary/aromatic N) is 4. The number of halogens is 3. The molecule has 0 aliphatic carbocycles. The maximum absolute atomic E-state index is 14.4. The molecule has 0 radical (unpaired) electrons. The first kappa shape index (κ1) is 19.1. The van der Waals surface area contributed by atoms with Crippen molar-refractivity contribution in [2.24, 2.45) is 0 Å². The highest BCUT2D eigenvalue weighted by Gasteiger charge is 2.45. The molecule has 1 fully saturated rings. The fourth-order valence-corrected chi connectivity index (χ4v) is 3.48. The number of nitrogens with one attached hydrogen (secondary N) is 2. The molecule has 2 aliphatic rings. The lowest BCUT2D eigenvalue weighted by atomic mass is 10.1. The molecule has 2 atom stereocenters. The smallest absolute Gasteiger partial charge is 0.292 e. The van der Waals surface area contributed by atoms with E-state index in [4.69, 9.17) is 21.1 Å². The lowest BCUT2D eigenvalue weighted by Crippen LogP contribution is -2.41. The molecule has 28 heavy (non-hydrogen) atoms. The molecule has 2 aromatic rings. The Morgan fingerprint density at radius 1 is 1.32 bits per heavy atom. The maximum atomic E-state index is 14.4. The first-order chi connectivity index (χ1) is 13.3. The average Bonchev–Trinajstić information content (AvgIpc) is 2.92. The lowest BCUT2D eigenvalue weighted by Gasteiger charge is -2.31. The number of fused-ring (bicyclic) bond motifs is 3. The third-order valence-electron chi connectivity index (χ3n) is 4.88. The highest BCUT2D eigenvalue weighted by Crippen LogP contribution is 2.40. The number of hydrogen-bond acceptors (Lipinski definition) is 7. The number of anilines is 3. The summed E-state index contributed by atoms with van der Waals surface area (Å²) in [4.78, 5) is 8.56. The van der Waals surface area contributed by atoms with Crippen LogP contribution in [0.15, 0.2) is 6.20 Å². The maximum Gasteiger partial charge on any atom is 0.292 e. The SMILES string of the molecule is Cc1c2c(nn1C1CCOCC1(F)F)OCCC(C)Nc1nc(ncc1Cl)N2. The Kier molecular flexibility index (Phi) is 5.00. The van der Waals surface area contributed by atoms with Gasteiger partial charge in [-0.25, -0.2) is 13.8 Å². The zero-order valence-corrected chi connectivity index (χ0v) is 16.3. The quantitative estimate of drug-likeness (QED) is 0.737. The summed E-state index contributed by atoms with van der Waals surface area (Å²) in [6.45, 7) is 3.67. The van der Waals surface area contributed by atoms with Crippen molar-refractivity contribution in [3.63, 3.8) is 0 Å². The molecule has 2 aliphatic heterocycles. The van der Waals surface area contributed by atoms with Gasteiger partial charge in [0.2, 0.25) is 5.95 Å². The Hall–Kier alpha value is -2.20. The Labute approximate surface area is 165 Å². The summed E-state index contributed by atoms with van der Waals surface area (Å²) in [6, 6.07) is -1.07. The van der Waals surface area contributed by atoms with Gasteiger partial charge in [0, 0.05) is 19.1 Å². The molecule has 0 amide bonds. The minimum atomic E-state index is -3.02. The largest absolute Gasteiger partial charge is 0.475 e. The van der Waals surface area contributed by atoms with Crippen LogP contribution in [-0.4, -0.2) is 51.5 Å². The molecular formula is C17H21ClF2N6O2. The van der Waals surface area contributed by atoms with Crippen LogP contribution in [0.2, 0.25) is 5.02 Å². The molecule has 0 aromatic carbocycles. The number of hydrogen-bond donors (Lipinski definition) is 2. The van der Waals surface area contributed by atoms with Gasteiger partial charge in [-0.1, -0.05) is 11.6 Å². The molecule has 8 nitrogen and oxygen atoms in total. The first-order valence-electron chi connectivity index (χ1n) is 9.08. The van der Waals surface area contributed by atoms with Crippen molar-refractivity contribution in [3.05, 3.63) is 16.9 Å². The molecule has 2 aromatic heterocycles. The van der Waals surface area contributed by atoms with Crippen LogP contribution in [0.4, 0.5) is 26.2 Å². The van der Waals surface area contributed by atoms with Crippen molar-refractivity contribution < 1.29 is 18.3 Å². The van der Waals surface area contributed by atoms with Crippen LogP contribution >= 0.6 is 11.6 Å². The normalized spacial score (nSPS) is 24.2. The molecule has 4 rings (SSSR count). The topological polar surface area (TPSA) is 86.1 Å². The van der Waals surface area contributed by atoms with Gasteiger partial charge < -0.3 is 20.1 Å². The molecule has 152 valence electrons. The van der Waals surface area contributed by atoms with Gasteiger partial charge in [-0.15, -0.1) is 5.10 Å². The standard InChI is InChI=1S/C17H21ClF2N6O2/c1-9-3-6-28-15-13(23-16-21-7-11(18)14(22-9)24-16)10(2)26(25-15)12-4-5-27-8-17(12,19)20/h7,9,12H,3-6,8H2,1-2H3,(H2,21,22,23,24). The summed E-state index contributed by atoms with van der Waals surface area (Å²) < 4.78 is 40.9. The van der Waals surface area contributed by atoms with E-state index in [1.165, 1.54) is 10.9 Å². The third kappa shape index (κ3) is 3.58. The van der Waals surface area contributed by atoms with E-state index in [1.54, 1.807) is 6.92 Å². The first-order valence-corrected chi connectivity index (χ1v) is 9.46. The average molecular weight is 415 g/mol. The van der Waals surface area contributed by atoms with Gasteiger partial charge in [0.1, 0.15) is 23.4 Å². The second-order valence-corrected chi connectivity index (χ2v) is 7.43. The fourth-order valence-electron chi connectivity index (χ4n) is 3.33. The van der Waals surface area contributed by atoms with Crippen LogP contribution in [0, 0.1) is 6.92 Å². The highest BCUT2D eigenvalue weighted by molar-refractivity contribution is 6.32. The number of alkyl halides is 2. The third-order valence-corrected chi connectivity index (χ3v) is 5.16. The van der Waals surface area contributed by atoms with Gasteiger partial charge in [0.05, 0.1) is 18.5 Å². The van der Waals surface area contributed by atoms with Gasteiger partial charge in [0.25, 0.3) is 11.8 Å². The Balaban J connectivity index is 1.75. The molecule has 2 N–H and O–H groups in total. The fraction of sp³-hybridized carbons (Fsp3) is 0.588. The van der Waals surface area contributed by atoms with E-state index in [2.05, 4.69) is 25.7 Å².